The van der Waals surface area contributed by atoms with E-state index in [9.17, 15) is 14.4 Å². The molecule has 1 aliphatic rings. The van der Waals surface area contributed by atoms with Crippen LogP contribution in [-0.4, -0.2) is 42.1 Å². The van der Waals surface area contributed by atoms with Gasteiger partial charge >= 0.3 is 12.0 Å². The summed E-state index contributed by atoms with van der Waals surface area (Å²) in [6.07, 6.45) is 1.72. The third kappa shape index (κ3) is 5.90. The molecule has 114 valence electrons. The molecule has 4 N–H and O–H groups in total. The van der Waals surface area contributed by atoms with Gasteiger partial charge in [0.15, 0.2) is 0 Å². The molecule has 1 saturated heterocycles. The first-order chi connectivity index (χ1) is 9.38. The molecular weight excluding hydrogens is 262 g/mol. The molecule has 7 heteroatoms. The number of nitrogens with one attached hydrogen (secondary N) is 3. The molecule has 1 fully saturated rings. The third-order valence-corrected chi connectivity index (χ3v) is 3.21. The zero-order valence-electron chi connectivity index (χ0n) is 11.9. The van der Waals surface area contributed by atoms with Crippen LogP contribution < -0.4 is 16.0 Å². The molecule has 0 aromatic carbocycles. The van der Waals surface area contributed by atoms with Gasteiger partial charge in [-0.3, -0.25) is 9.59 Å². The number of hydrogen-bond acceptors (Lipinski definition) is 3. The van der Waals surface area contributed by atoms with Crippen LogP contribution >= 0.6 is 0 Å². The Balaban J connectivity index is 2.23. The highest BCUT2D eigenvalue weighted by Crippen LogP contribution is 2.11. The predicted molar refractivity (Wildman–Crippen MR) is 73.1 cm³/mol. The van der Waals surface area contributed by atoms with Gasteiger partial charge in [0.25, 0.3) is 0 Å². The summed E-state index contributed by atoms with van der Waals surface area (Å²) in [5.74, 6) is -1.22. The minimum Gasteiger partial charge on any atom is -0.481 e. The van der Waals surface area contributed by atoms with Crippen molar-refractivity contribution in [2.75, 3.05) is 13.1 Å². The molecule has 20 heavy (non-hydrogen) atoms. The summed E-state index contributed by atoms with van der Waals surface area (Å²) in [5, 5.41) is 17.0. The van der Waals surface area contributed by atoms with Gasteiger partial charge in [-0.1, -0.05) is 13.8 Å². The summed E-state index contributed by atoms with van der Waals surface area (Å²) in [7, 11) is 0. The number of urea groups is 1. The summed E-state index contributed by atoms with van der Waals surface area (Å²) in [5.41, 5.74) is 0. The Labute approximate surface area is 118 Å². The van der Waals surface area contributed by atoms with Crippen molar-refractivity contribution in [3.63, 3.8) is 0 Å². The molecule has 3 amide bonds. The van der Waals surface area contributed by atoms with Crippen LogP contribution in [0.15, 0.2) is 0 Å². The Kier molecular flexibility index (Phi) is 6.27. The monoisotopic (exact) mass is 285 g/mol. The van der Waals surface area contributed by atoms with E-state index in [1.54, 1.807) is 0 Å². The zero-order chi connectivity index (χ0) is 15.1. The van der Waals surface area contributed by atoms with Gasteiger partial charge in [0.2, 0.25) is 5.91 Å². The first-order valence-corrected chi connectivity index (χ1v) is 6.92. The van der Waals surface area contributed by atoms with Crippen molar-refractivity contribution in [2.24, 2.45) is 11.8 Å². The minimum absolute atomic E-state index is 0.0000767. The van der Waals surface area contributed by atoms with Crippen LogP contribution in [-0.2, 0) is 9.59 Å². The van der Waals surface area contributed by atoms with Crippen molar-refractivity contribution in [3.05, 3.63) is 0 Å². The number of amides is 3. The number of carboxylic acid groups (broad SMARTS) is 1. The lowest BCUT2D eigenvalue weighted by atomic mass is 9.97. The number of hydrogen-bond donors (Lipinski definition) is 4. The maximum Gasteiger partial charge on any atom is 0.314 e. The Bertz CT molecular complexity index is 371. The number of carbonyl (C=O) groups is 3. The fourth-order valence-electron chi connectivity index (χ4n) is 2.17. The van der Waals surface area contributed by atoms with Crippen LogP contribution in [0.1, 0.15) is 33.1 Å². The Morgan fingerprint density at radius 1 is 1.40 bits per heavy atom. The van der Waals surface area contributed by atoms with E-state index in [0.717, 1.165) is 0 Å². The van der Waals surface area contributed by atoms with E-state index in [-0.39, 0.29) is 24.4 Å². The van der Waals surface area contributed by atoms with Gasteiger partial charge in [0.05, 0.1) is 5.92 Å². The first kappa shape index (κ1) is 16.3. The smallest absolute Gasteiger partial charge is 0.314 e. The van der Waals surface area contributed by atoms with E-state index in [0.29, 0.717) is 25.8 Å². The topological polar surface area (TPSA) is 108 Å². The molecule has 0 aliphatic carbocycles. The van der Waals surface area contributed by atoms with Gasteiger partial charge in [-0.15, -0.1) is 0 Å². The average molecular weight is 285 g/mol. The number of rotatable bonds is 7. The predicted octanol–water partition coefficient (Wildman–Crippen LogP) is 0.311. The maximum atomic E-state index is 11.6. The number of carbonyl (C=O) groups excluding carboxylic acids is 2. The summed E-state index contributed by atoms with van der Waals surface area (Å²) in [6.45, 7) is 4.35. The molecule has 0 aromatic rings. The van der Waals surface area contributed by atoms with Gasteiger partial charge < -0.3 is 21.1 Å². The zero-order valence-corrected chi connectivity index (χ0v) is 11.9. The third-order valence-electron chi connectivity index (χ3n) is 3.21. The van der Waals surface area contributed by atoms with Crippen LogP contribution in [0.25, 0.3) is 0 Å². The highest BCUT2D eigenvalue weighted by atomic mass is 16.4. The number of carboxylic acids is 1. The molecule has 7 nitrogen and oxygen atoms in total. The Hall–Kier alpha value is -1.79. The van der Waals surface area contributed by atoms with Crippen LogP contribution in [0, 0.1) is 11.8 Å². The molecule has 0 bridgehead atoms. The first-order valence-electron chi connectivity index (χ1n) is 6.92. The maximum absolute atomic E-state index is 11.6. The molecule has 0 aromatic heterocycles. The lowest BCUT2D eigenvalue weighted by molar-refractivity contribution is -0.142. The van der Waals surface area contributed by atoms with E-state index >= 15 is 0 Å². The van der Waals surface area contributed by atoms with Crippen molar-refractivity contribution in [2.45, 2.75) is 39.2 Å². The van der Waals surface area contributed by atoms with Gasteiger partial charge in [-0.05, 0) is 18.8 Å². The van der Waals surface area contributed by atoms with E-state index in [4.69, 9.17) is 5.11 Å². The van der Waals surface area contributed by atoms with Gasteiger partial charge in [0.1, 0.15) is 0 Å². The second-order valence-electron chi connectivity index (χ2n) is 5.56. The average Bonchev–Trinajstić information content (AvgIpc) is 2.77. The van der Waals surface area contributed by atoms with Crippen LogP contribution in [0.2, 0.25) is 0 Å². The number of aliphatic carboxylic acids is 1. The lowest BCUT2D eigenvalue weighted by Gasteiger charge is -2.16. The Morgan fingerprint density at radius 2 is 2.10 bits per heavy atom. The van der Waals surface area contributed by atoms with Crippen LogP contribution in [0.5, 0.6) is 0 Å². The lowest BCUT2D eigenvalue weighted by Crippen LogP contribution is -2.45. The van der Waals surface area contributed by atoms with Gasteiger partial charge in [0, 0.05) is 25.6 Å². The van der Waals surface area contributed by atoms with Crippen molar-refractivity contribution in [1.29, 1.82) is 0 Å². The van der Waals surface area contributed by atoms with Gasteiger partial charge in [-0.25, -0.2) is 4.79 Å². The van der Waals surface area contributed by atoms with Crippen LogP contribution in [0.3, 0.4) is 0 Å². The molecule has 0 radical (unpaired) electrons. The fourth-order valence-corrected chi connectivity index (χ4v) is 2.17. The van der Waals surface area contributed by atoms with E-state index in [1.165, 1.54) is 0 Å². The van der Waals surface area contributed by atoms with E-state index in [1.807, 2.05) is 13.8 Å². The SMILES string of the molecule is CC(C)CC(CNC(=O)NCC1CCC(=O)N1)C(=O)O. The van der Waals surface area contributed by atoms with E-state index in [2.05, 4.69) is 16.0 Å². The normalized spacial score (nSPS) is 19.6. The van der Waals surface area contributed by atoms with Crippen LogP contribution in [0.4, 0.5) is 4.79 Å². The molecule has 2 unspecified atom stereocenters. The molecular formula is C13H23N3O4. The molecule has 1 rings (SSSR count). The van der Waals surface area contributed by atoms with Crippen molar-refractivity contribution < 1.29 is 19.5 Å². The fraction of sp³-hybridized carbons (Fsp3) is 0.769. The molecule has 0 spiro atoms. The van der Waals surface area contributed by atoms with E-state index < -0.39 is 17.9 Å². The minimum atomic E-state index is -0.901. The second-order valence-corrected chi connectivity index (χ2v) is 5.56. The Morgan fingerprint density at radius 3 is 2.60 bits per heavy atom. The largest absolute Gasteiger partial charge is 0.481 e. The van der Waals surface area contributed by atoms with Crippen molar-refractivity contribution in [1.82, 2.24) is 16.0 Å². The summed E-state index contributed by atoms with van der Waals surface area (Å²) < 4.78 is 0. The molecule has 0 saturated carbocycles. The molecule has 2 atom stereocenters. The highest BCUT2D eigenvalue weighted by Gasteiger charge is 2.22. The summed E-state index contributed by atoms with van der Waals surface area (Å²) >= 11 is 0. The van der Waals surface area contributed by atoms with Crippen molar-refractivity contribution >= 4 is 17.9 Å². The van der Waals surface area contributed by atoms with Crippen molar-refractivity contribution in [3.8, 4) is 0 Å². The second kappa shape index (κ2) is 7.72. The van der Waals surface area contributed by atoms with Gasteiger partial charge in [-0.2, -0.15) is 0 Å². The quantitative estimate of drug-likeness (QED) is 0.540. The summed E-state index contributed by atoms with van der Waals surface area (Å²) in [6, 6.07) is -0.430. The highest BCUT2D eigenvalue weighted by molar-refractivity contribution is 5.79. The summed E-state index contributed by atoms with van der Waals surface area (Å²) in [4.78, 5) is 33.6. The molecule has 1 heterocycles. The standard InChI is InChI=1S/C13H23N3O4/c1-8(2)5-9(12(18)19)6-14-13(20)15-7-10-3-4-11(17)16-10/h8-10H,3-7H2,1-2H3,(H,16,17)(H,18,19)(H2,14,15,20). The molecule has 1 aliphatic heterocycles.